The normalized spacial score (nSPS) is 11.0. The van der Waals surface area contributed by atoms with Crippen LogP contribution in [0.1, 0.15) is 17.9 Å². The minimum atomic E-state index is 0.720. The van der Waals surface area contributed by atoms with E-state index in [1.54, 1.807) is 0 Å². The predicted molar refractivity (Wildman–Crippen MR) is 55.1 cm³/mol. The number of nitrogens with two attached hydrogens (primary N) is 1. The number of hydrogen-bond donors (Lipinski definition) is 1. The number of hydrogen-bond acceptors (Lipinski definition) is 3. The first-order valence-electron chi connectivity index (χ1n) is 4.82. The first kappa shape index (κ1) is 9.15. The van der Waals surface area contributed by atoms with Gasteiger partial charge in [0.25, 0.3) is 0 Å². The zero-order valence-corrected chi connectivity index (χ0v) is 8.27. The van der Waals surface area contributed by atoms with Gasteiger partial charge in [-0.05, 0) is 38.4 Å². The van der Waals surface area contributed by atoms with Gasteiger partial charge in [-0.15, -0.1) is 10.2 Å². The number of aromatic nitrogens is 3. The second-order valence-corrected chi connectivity index (χ2v) is 3.35. The van der Waals surface area contributed by atoms with Gasteiger partial charge in [0.1, 0.15) is 5.82 Å². The largest absolute Gasteiger partial charge is 0.330 e. The van der Waals surface area contributed by atoms with E-state index in [1.807, 2.05) is 19.1 Å². The molecule has 0 atom stereocenters. The number of fused-ring (bicyclic) bond motifs is 1. The molecule has 0 spiro atoms. The second kappa shape index (κ2) is 3.75. The molecule has 0 saturated carbocycles. The third-order valence-corrected chi connectivity index (χ3v) is 2.31. The molecule has 0 aliphatic carbocycles. The van der Waals surface area contributed by atoms with Crippen molar-refractivity contribution in [2.24, 2.45) is 5.73 Å². The Morgan fingerprint density at radius 1 is 1.36 bits per heavy atom. The molecule has 0 aliphatic rings. The predicted octanol–water partition coefficient (Wildman–Crippen LogP) is 0.929. The van der Waals surface area contributed by atoms with Crippen molar-refractivity contribution in [3.8, 4) is 0 Å². The van der Waals surface area contributed by atoms with Gasteiger partial charge >= 0.3 is 0 Å². The van der Waals surface area contributed by atoms with Crippen LogP contribution in [0.25, 0.3) is 5.65 Å². The van der Waals surface area contributed by atoms with Crippen LogP contribution in [-0.2, 0) is 6.42 Å². The van der Waals surface area contributed by atoms with Crippen molar-refractivity contribution in [2.45, 2.75) is 19.8 Å². The Bertz CT molecular complexity index is 433. The fraction of sp³-hybridized carbons (Fsp3) is 0.400. The maximum atomic E-state index is 5.49. The molecule has 0 fully saturated rings. The van der Waals surface area contributed by atoms with E-state index in [1.165, 1.54) is 5.69 Å². The van der Waals surface area contributed by atoms with Crippen LogP contribution in [-0.4, -0.2) is 21.1 Å². The highest BCUT2D eigenvalue weighted by molar-refractivity contribution is 5.39. The van der Waals surface area contributed by atoms with Gasteiger partial charge in [-0.1, -0.05) is 6.07 Å². The summed E-state index contributed by atoms with van der Waals surface area (Å²) in [5, 5.41) is 8.11. The standard InChI is InChI=1S/C10H14N4/c1-8-12-13-10-6-2-4-9(14(8)10)5-3-7-11/h2,4,6H,3,5,7,11H2,1H3. The molecule has 0 unspecified atom stereocenters. The molecular formula is C10H14N4. The Morgan fingerprint density at radius 3 is 3.00 bits per heavy atom. The van der Waals surface area contributed by atoms with Crippen molar-refractivity contribution in [1.29, 1.82) is 0 Å². The molecule has 4 nitrogen and oxygen atoms in total. The molecule has 0 radical (unpaired) electrons. The van der Waals surface area contributed by atoms with E-state index in [-0.39, 0.29) is 0 Å². The summed E-state index contributed by atoms with van der Waals surface area (Å²) >= 11 is 0. The van der Waals surface area contributed by atoms with Crippen LogP contribution >= 0.6 is 0 Å². The van der Waals surface area contributed by atoms with Crippen LogP contribution in [0.4, 0.5) is 0 Å². The summed E-state index contributed by atoms with van der Waals surface area (Å²) in [6.07, 6.45) is 1.98. The first-order valence-corrected chi connectivity index (χ1v) is 4.82. The van der Waals surface area contributed by atoms with Crippen LogP contribution in [0, 0.1) is 6.92 Å². The lowest BCUT2D eigenvalue weighted by Gasteiger charge is -2.04. The van der Waals surface area contributed by atoms with Crippen LogP contribution in [0.3, 0.4) is 0 Å². The Hall–Kier alpha value is -1.42. The molecule has 0 aromatic carbocycles. The lowest BCUT2D eigenvalue weighted by Crippen LogP contribution is -2.04. The van der Waals surface area contributed by atoms with E-state index < -0.39 is 0 Å². The molecule has 2 N–H and O–H groups in total. The molecule has 74 valence electrons. The molecule has 0 amide bonds. The van der Waals surface area contributed by atoms with Crippen LogP contribution in [0.5, 0.6) is 0 Å². The quantitative estimate of drug-likeness (QED) is 0.783. The fourth-order valence-corrected chi connectivity index (χ4v) is 1.64. The van der Waals surface area contributed by atoms with Crippen molar-refractivity contribution in [2.75, 3.05) is 6.54 Å². The van der Waals surface area contributed by atoms with Crippen LogP contribution in [0.15, 0.2) is 18.2 Å². The van der Waals surface area contributed by atoms with Crippen molar-refractivity contribution in [3.63, 3.8) is 0 Å². The van der Waals surface area contributed by atoms with E-state index in [4.69, 9.17) is 5.73 Å². The zero-order valence-electron chi connectivity index (χ0n) is 8.27. The maximum absolute atomic E-state index is 5.49. The average molecular weight is 190 g/mol. The summed E-state index contributed by atoms with van der Waals surface area (Å²) in [6, 6.07) is 6.07. The molecule has 2 aromatic heterocycles. The summed E-state index contributed by atoms with van der Waals surface area (Å²) in [6.45, 7) is 2.68. The van der Waals surface area contributed by atoms with E-state index in [9.17, 15) is 0 Å². The Labute approximate surface area is 82.8 Å². The number of nitrogens with zero attached hydrogens (tertiary/aromatic N) is 3. The second-order valence-electron chi connectivity index (χ2n) is 3.35. The zero-order chi connectivity index (χ0) is 9.97. The lowest BCUT2D eigenvalue weighted by atomic mass is 10.2. The molecule has 14 heavy (non-hydrogen) atoms. The highest BCUT2D eigenvalue weighted by atomic mass is 15.2. The number of pyridine rings is 1. The lowest BCUT2D eigenvalue weighted by molar-refractivity contribution is 0.789. The molecular weight excluding hydrogens is 176 g/mol. The third-order valence-electron chi connectivity index (χ3n) is 2.31. The van der Waals surface area contributed by atoms with Gasteiger partial charge < -0.3 is 5.73 Å². The SMILES string of the molecule is Cc1nnc2cccc(CCCN)n12. The molecule has 2 heterocycles. The highest BCUT2D eigenvalue weighted by Gasteiger charge is 2.04. The summed E-state index contributed by atoms with van der Waals surface area (Å²) in [5.41, 5.74) is 7.64. The summed E-state index contributed by atoms with van der Waals surface area (Å²) in [7, 11) is 0. The highest BCUT2D eigenvalue weighted by Crippen LogP contribution is 2.09. The summed E-state index contributed by atoms with van der Waals surface area (Å²) in [5.74, 6) is 0.938. The summed E-state index contributed by atoms with van der Waals surface area (Å²) < 4.78 is 2.08. The maximum Gasteiger partial charge on any atom is 0.160 e. The molecule has 0 bridgehead atoms. The third kappa shape index (κ3) is 1.48. The van der Waals surface area contributed by atoms with Crippen molar-refractivity contribution in [1.82, 2.24) is 14.6 Å². The summed E-state index contributed by atoms with van der Waals surface area (Å²) in [4.78, 5) is 0. The van der Waals surface area contributed by atoms with E-state index in [0.717, 1.165) is 30.9 Å². The van der Waals surface area contributed by atoms with E-state index in [0.29, 0.717) is 0 Å². The number of rotatable bonds is 3. The van der Waals surface area contributed by atoms with Crippen molar-refractivity contribution >= 4 is 5.65 Å². The van der Waals surface area contributed by atoms with Gasteiger partial charge in [0.15, 0.2) is 5.65 Å². The van der Waals surface area contributed by atoms with Gasteiger partial charge in [0, 0.05) is 5.69 Å². The van der Waals surface area contributed by atoms with Gasteiger partial charge in [0.2, 0.25) is 0 Å². The minimum Gasteiger partial charge on any atom is -0.330 e. The van der Waals surface area contributed by atoms with Crippen molar-refractivity contribution in [3.05, 3.63) is 29.7 Å². The van der Waals surface area contributed by atoms with E-state index in [2.05, 4.69) is 20.7 Å². The van der Waals surface area contributed by atoms with E-state index >= 15 is 0 Å². The Morgan fingerprint density at radius 2 is 2.21 bits per heavy atom. The molecule has 0 saturated heterocycles. The molecule has 2 rings (SSSR count). The van der Waals surface area contributed by atoms with Gasteiger partial charge in [-0.3, -0.25) is 4.40 Å². The van der Waals surface area contributed by atoms with Gasteiger partial charge in [-0.2, -0.15) is 0 Å². The number of aryl methyl sites for hydroxylation is 2. The van der Waals surface area contributed by atoms with Gasteiger partial charge in [-0.25, -0.2) is 0 Å². The van der Waals surface area contributed by atoms with Crippen LogP contribution in [0.2, 0.25) is 0 Å². The molecule has 2 aromatic rings. The first-order chi connectivity index (χ1) is 6.83. The van der Waals surface area contributed by atoms with Crippen molar-refractivity contribution < 1.29 is 0 Å². The average Bonchev–Trinajstić information content (AvgIpc) is 2.58. The molecule has 0 aliphatic heterocycles. The monoisotopic (exact) mass is 190 g/mol. The Balaban J connectivity index is 2.46. The smallest absolute Gasteiger partial charge is 0.160 e. The Kier molecular flexibility index (Phi) is 2.45. The van der Waals surface area contributed by atoms with Gasteiger partial charge in [0.05, 0.1) is 0 Å². The fourth-order valence-electron chi connectivity index (χ4n) is 1.64. The minimum absolute atomic E-state index is 0.720. The topological polar surface area (TPSA) is 56.2 Å². The molecule has 4 heteroatoms. The van der Waals surface area contributed by atoms with Crippen LogP contribution < -0.4 is 5.73 Å².